The molecule has 0 spiro atoms. The molecule has 16 heteroatoms. The van der Waals surface area contributed by atoms with Crippen LogP contribution in [0.3, 0.4) is 0 Å². The van der Waals surface area contributed by atoms with Crippen molar-refractivity contribution < 1.29 is 43.6 Å². The zero-order valence-corrected chi connectivity index (χ0v) is 19.4. The molecule has 0 aliphatic rings. The quantitative estimate of drug-likeness (QED) is 0.187. The first-order chi connectivity index (χ1) is 15.7. The zero-order chi connectivity index (χ0) is 25.3. The fourth-order valence-electron chi connectivity index (χ4n) is 2.91. The van der Waals surface area contributed by atoms with Gasteiger partial charge in [0.2, 0.25) is 0 Å². The molecule has 0 heterocycles. The minimum Gasteiger partial charge on any atom is -0.506 e. The first-order valence-electron chi connectivity index (χ1n) is 9.07. The third-order valence-electron chi connectivity index (χ3n) is 4.45. The van der Waals surface area contributed by atoms with Crippen LogP contribution in [0.4, 0.5) is 17.1 Å². The van der Waals surface area contributed by atoms with Gasteiger partial charge in [-0.25, -0.2) is 12.6 Å². The molecule has 0 unspecified atom stereocenters. The number of nitrogens with two attached hydrogens (primary N) is 1. The number of rotatable bonds is 8. The Kier molecular flexibility index (Phi) is 6.92. The number of fused-ring (bicyclic) bond motifs is 1. The van der Waals surface area contributed by atoms with Crippen molar-refractivity contribution in [3.05, 3.63) is 48.5 Å². The van der Waals surface area contributed by atoms with E-state index in [1.165, 1.54) is 30.3 Å². The van der Waals surface area contributed by atoms with Crippen molar-refractivity contribution in [2.45, 2.75) is 9.79 Å². The average molecular weight is 532 g/mol. The summed E-state index contributed by atoms with van der Waals surface area (Å²) in [6.07, 6.45) is 0. The van der Waals surface area contributed by atoms with Gasteiger partial charge in [-0.3, -0.25) is 9.11 Å². The molecule has 34 heavy (non-hydrogen) atoms. The number of aromatic hydroxyl groups is 1. The molecule has 0 bridgehead atoms. The monoisotopic (exact) mass is 531 g/mol. The van der Waals surface area contributed by atoms with Crippen LogP contribution in [0.2, 0.25) is 0 Å². The number of phenolic OH excluding ortho intramolecular Hbond substituents is 1. The molecule has 0 aromatic heterocycles. The summed E-state index contributed by atoms with van der Waals surface area (Å²) >= 11 is 0. The van der Waals surface area contributed by atoms with E-state index in [0.29, 0.717) is 0 Å². The Morgan fingerprint density at radius 2 is 1.59 bits per heavy atom. The number of nitrogens with zero attached hydrogens (tertiary/aromatic N) is 2. The van der Waals surface area contributed by atoms with Gasteiger partial charge in [-0.1, -0.05) is 18.2 Å². The number of anilines is 1. The van der Waals surface area contributed by atoms with Crippen LogP contribution in [-0.2, 0) is 34.5 Å². The molecule has 0 aliphatic carbocycles. The highest BCUT2D eigenvalue weighted by atomic mass is 32.3. The van der Waals surface area contributed by atoms with E-state index < -0.39 is 48.5 Å². The van der Waals surface area contributed by atoms with Crippen molar-refractivity contribution in [2.24, 2.45) is 10.2 Å². The lowest BCUT2D eigenvalue weighted by Crippen LogP contribution is -2.15. The van der Waals surface area contributed by atoms with Gasteiger partial charge in [0.1, 0.15) is 22.0 Å². The molecule has 3 rings (SSSR count). The van der Waals surface area contributed by atoms with Gasteiger partial charge >= 0.3 is 10.4 Å². The number of benzene rings is 3. The summed E-state index contributed by atoms with van der Waals surface area (Å²) in [4.78, 5) is -0.734. The van der Waals surface area contributed by atoms with E-state index in [9.17, 15) is 34.9 Å². The maximum Gasteiger partial charge on any atom is 0.397 e. The Morgan fingerprint density at radius 3 is 2.24 bits per heavy atom. The molecular weight excluding hydrogens is 514 g/mol. The zero-order valence-electron chi connectivity index (χ0n) is 16.9. The average Bonchev–Trinajstić information content (AvgIpc) is 2.71. The van der Waals surface area contributed by atoms with Crippen molar-refractivity contribution >= 4 is 58.2 Å². The standard InChI is InChI=1S/C18H17N3O10S3/c19-14-6-5-12-13(2-1-3-17(12)33(25,26)27)18(14)21-20-15-10-11(4-7-16(15)22)32(23,24)9-8-31-34(28,29)30/h1-7,10,22H,8-9,19H2,(H,25,26,27)(H,28,29,30). The third kappa shape index (κ3) is 5.85. The van der Waals surface area contributed by atoms with Crippen molar-refractivity contribution in [3.8, 4) is 5.75 Å². The van der Waals surface area contributed by atoms with Gasteiger partial charge in [0.25, 0.3) is 10.1 Å². The van der Waals surface area contributed by atoms with Crippen LogP contribution in [-0.4, -0.2) is 51.8 Å². The SMILES string of the molecule is Nc1ccc2c(S(=O)(=O)O)cccc2c1N=Nc1cc(S(=O)(=O)CCOS(=O)(=O)O)ccc1O. The minimum absolute atomic E-state index is 0.00258. The molecule has 3 aromatic carbocycles. The molecule has 0 saturated heterocycles. The number of nitrogen functional groups attached to an aromatic ring is 1. The summed E-state index contributed by atoms with van der Waals surface area (Å²) in [7, 11) is -13.5. The van der Waals surface area contributed by atoms with Crippen LogP contribution >= 0.6 is 0 Å². The second kappa shape index (κ2) is 9.24. The first kappa shape index (κ1) is 25.5. The second-order valence-corrected chi connectivity index (χ2v) is 11.3. The summed E-state index contributed by atoms with van der Waals surface area (Å²) in [6.45, 7) is -0.846. The molecule has 13 nitrogen and oxygen atoms in total. The summed E-state index contributed by atoms with van der Waals surface area (Å²) in [5.41, 5.74) is 5.71. The smallest absolute Gasteiger partial charge is 0.397 e. The van der Waals surface area contributed by atoms with Gasteiger partial charge in [-0.2, -0.15) is 16.8 Å². The number of phenols is 1. The van der Waals surface area contributed by atoms with Crippen molar-refractivity contribution in [2.75, 3.05) is 18.1 Å². The van der Waals surface area contributed by atoms with Crippen molar-refractivity contribution in [1.29, 1.82) is 0 Å². The fraction of sp³-hybridized carbons (Fsp3) is 0.111. The predicted molar refractivity (Wildman–Crippen MR) is 120 cm³/mol. The van der Waals surface area contributed by atoms with E-state index in [2.05, 4.69) is 14.4 Å². The van der Waals surface area contributed by atoms with Crippen LogP contribution in [0, 0.1) is 0 Å². The van der Waals surface area contributed by atoms with Gasteiger partial charge in [0.05, 0.1) is 22.9 Å². The van der Waals surface area contributed by atoms with Crippen LogP contribution < -0.4 is 5.73 Å². The maximum absolute atomic E-state index is 12.4. The molecular formula is C18H17N3O10S3. The number of hydrogen-bond donors (Lipinski definition) is 4. The second-order valence-electron chi connectivity index (χ2n) is 6.75. The lowest BCUT2D eigenvalue weighted by atomic mass is 10.1. The topological polar surface area (TPSA) is 223 Å². The predicted octanol–water partition coefficient (Wildman–Crippen LogP) is 2.38. The normalized spacial score (nSPS) is 13.0. The Balaban J connectivity index is 2.02. The molecule has 0 radical (unpaired) electrons. The van der Waals surface area contributed by atoms with E-state index >= 15 is 0 Å². The summed E-state index contributed by atoms with van der Waals surface area (Å²) in [5, 5.41) is 18.1. The highest BCUT2D eigenvalue weighted by Crippen LogP contribution is 2.37. The van der Waals surface area contributed by atoms with Gasteiger partial charge in [-0.05, 0) is 30.3 Å². The Morgan fingerprint density at radius 1 is 0.882 bits per heavy atom. The van der Waals surface area contributed by atoms with E-state index in [1.807, 2.05) is 0 Å². The van der Waals surface area contributed by atoms with Crippen LogP contribution in [0.1, 0.15) is 0 Å². The Labute approximate surface area is 194 Å². The molecule has 0 amide bonds. The van der Waals surface area contributed by atoms with Gasteiger partial charge in [-0.15, -0.1) is 10.2 Å². The Hall–Kier alpha value is -3.15. The van der Waals surface area contributed by atoms with Crippen LogP contribution in [0.5, 0.6) is 5.75 Å². The fourth-order valence-corrected chi connectivity index (χ4v) is 5.12. The maximum atomic E-state index is 12.4. The molecule has 0 fully saturated rings. The summed E-state index contributed by atoms with van der Waals surface area (Å²) in [6, 6.07) is 9.74. The first-order valence-corrected chi connectivity index (χ1v) is 13.5. The molecule has 0 atom stereocenters. The van der Waals surface area contributed by atoms with E-state index in [-0.39, 0.29) is 37.6 Å². The number of hydrogen-bond acceptors (Lipinski definition) is 11. The molecule has 0 aliphatic heterocycles. The minimum atomic E-state index is -4.82. The van der Waals surface area contributed by atoms with E-state index in [1.54, 1.807) is 0 Å². The van der Waals surface area contributed by atoms with Gasteiger partial charge in [0, 0.05) is 10.8 Å². The molecule has 182 valence electrons. The highest BCUT2D eigenvalue weighted by molar-refractivity contribution is 7.91. The molecule has 3 aromatic rings. The highest BCUT2D eigenvalue weighted by Gasteiger charge is 2.19. The number of azo groups is 1. The molecule has 5 N–H and O–H groups in total. The van der Waals surface area contributed by atoms with Gasteiger partial charge < -0.3 is 10.8 Å². The molecule has 0 saturated carbocycles. The van der Waals surface area contributed by atoms with E-state index in [0.717, 1.165) is 18.2 Å². The van der Waals surface area contributed by atoms with Crippen molar-refractivity contribution in [1.82, 2.24) is 0 Å². The Bertz CT molecular complexity index is 1620. The van der Waals surface area contributed by atoms with Crippen LogP contribution in [0.15, 0.2) is 68.6 Å². The third-order valence-corrected chi connectivity index (χ3v) is 7.50. The van der Waals surface area contributed by atoms with Crippen LogP contribution in [0.25, 0.3) is 10.8 Å². The summed E-state index contributed by atoms with van der Waals surface area (Å²) in [5.74, 6) is -1.25. The van der Waals surface area contributed by atoms with Crippen molar-refractivity contribution in [3.63, 3.8) is 0 Å². The van der Waals surface area contributed by atoms with E-state index in [4.69, 9.17) is 10.3 Å². The largest absolute Gasteiger partial charge is 0.506 e. The lowest BCUT2D eigenvalue weighted by Gasteiger charge is -2.08. The number of sulfone groups is 1. The summed E-state index contributed by atoms with van der Waals surface area (Å²) < 4.78 is 91.3. The lowest BCUT2D eigenvalue weighted by molar-refractivity contribution is 0.284. The van der Waals surface area contributed by atoms with Gasteiger partial charge in [0.15, 0.2) is 9.84 Å².